The van der Waals surface area contributed by atoms with Crippen molar-refractivity contribution in [1.29, 1.82) is 0 Å². The summed E-state index contributed by atoms with van der Waals surface area (Å²) in [6.45, 7) is 1.95. The zero-order valence-corrected chi connectivity index (χ0v) is 13.9. The SMILES string of the molecule is O=S(Cc1ncc(Cl)c(N2CCCCC2)n1)c1cccs1. The quantitative estimate of drug-likeness (QED) is 0.854. The van der Waals surface area contributed by atoms with Gasteiger partial charge in [0.2, 0.25) is 0 Å². The van der Waals surface area contributed by atoms with Gasteiger partial charge in [0.25, 0.3) is 0 Å². The highest BCUT2D eigenvalue weighted by Crippen LogP contribution is 2.26. The van der Waals surface area contributed by atoms with E-state index in [0.717, 1.165) is 36.0 Å². The molecule has 0 radical (unpaired) electrons. The Hall–Kier alpha value is -0.980. The second-order valence-electron chi connectivity index (χ2n) is 4.93. The minimum Gasteiger partial charge on any atom is -0.355 e. The van der Waals surface area contributed by atoms with Crippen LogP contribution >= 0.6 is 22.9 Å². The van der Waals surface area contributed by atoms with E-state index in [9.17, 15) is 4.21 Å². The van der Waals surface area contributed by atoms with Gasteiger partial charge in [-0.15, -0.1) is 11.3 Å². The summed E-state index contributed by atoms with van der Waals surface area (Å²) in [4.78, 5) is 11.0. The van der Waals surface area contributed by atoms with Gasteiger partial charge in [0.15, 0.2) is 5.82 Å². The van der Waals surface area contributed by atoms with Gasteiger partial charge in [0, 0.05) is 13.1 Å². The van der Waals surface area contributed by atoms with Crippen molar-refractivity contribution in [2.75, 3.05) is 18.0 Å². The number of anilines is 1. The van der Waals surface area contributed by atoms with Crippen LogP contribution < -0.4 is 4.90 Å². The molecule has 1 unspecified atom stereocenters. The molecule has 7 heteroatoms. The molecule has 1 fully saturated rings. The fourth-order valence-corrected chi connectivity index (χ4v) is 4.55. The minimum absolute atomic E-state index is 0.332. The van der Waals surface area contributed by atoms with Crippen molar-refractivity contribution >= 4 is 39.6 Å². The lowest BCUT2D eigenvalue weighted by molar-refractivity contribution is 0.572. The molecular formula is C14H16ClN3OS2. The average molecular weight is 342 g/mol. The van der Waals surface area contributed by atoms with E-state index < -0.39 is 10.8 Å². The van der Waals surface area contributed by atoms with Gasteiger partial charge in [0.1, 0.15) is 10.8 Å². The second kappa shape index (κ2) is 6.85. The molecule has 1 aliphatic heterocycles. The largest absolute Gasteiger partial charge is 0.355 e. The summed E-state index contributed by atoms with van der Waals surface area (Å²) in [7, 11) is -1.09. The number of halogens is 1. The van der Waals surface area contributed by atoms with E-state index in [0.29, 0.717) is 16.6 Å². The maximum atomic E-state index is 12.2. The van der Waals surface area contributed by atoms with Crippen molar-refractivity contribution in [2.24, 2.45) is 0 Å². The fourth-order valence-electron chi connectivity index (χ4n) is 2.37. The lowest BCUT2D eigenvalue weighted by Crippen LogP contribution is -2.30. The summed E-state index contributed by atoms with van der Waals surface area (Å²) in [6.07, 6.45) is 5.21. The van der Waals surface area contributed by atoms with Crippen molar-refractivity contribution in [3.8, 4) is 0 Å². The molecule has 4 nitrogen and oxygen atoms in total. The Morgan fingerprint density at radius 2 is 2.14 bits per heavy atom. The van der Waals surface area contributed by atoms with E-state index in [1.54, 1.807) is 6.20 Å². The number of piperidine rings is 1. The van der Waals surface area contributed by atoms with Crippen molar-refractivity contribution in [2.45, 2.75) is 29.2 Å². The lowest BCUT2D eigenvalue weighted by atomic mass is 10.1. The molecule has 0 spiro atoms. The highest BCUT2D eigenvalue weighted by molar-refractivity contribution is 7.86. The van der Waals surface area contributed by atoms with Crippen LogP contribution in [0.25, 0.3) is 0 Å². The average Bonchev–Trinajstić information content (AvgIpc) is 3.04. The van der Waals surface area contributed by atoms with Crippen molar-refractivity contribution in [3.63, 3.8) is 0 Å². The highest BCUT2D eigenvalue weighted by atomic mass is 35.5. The first-order chi connectivity index (χ1) is 10.2. The van der Waals surface area contributed by atoms with Crippen LogP contribution in [0, 0.1) is 0 Å². The van der Waals surface area contributed by atoms with Crippen molar-refractivity contribution < 1.29 is 4.21 Å². The Balaban J connectivity index is 1.78. The Morgan fingerprint density at radius 3 is 2.86 bits per heavy atom. The van der Waals surface area contributed by atoms with Gasteiger partial charge in [-0.05, 0) is 30.7 Å². The fraction of sp³-hybridized carbons (Fsp3) is 0.429. The van der Waals surface area contributed by atoms with Crippen LogP contribution in [0.2, 0.25) is 5.02 Å². The second-order valence-corrected chi connectivity index (χ2v) is 7.96. The molecule has 21 heavy (non-hydrogen) atoms. The van der Waals surface area contributed by atoms with Crippen LogP contribution in [0.3, 0.4) is 0 Å². The van der Waals surface area contributed by atoms with Crippen molar-refractivity contribution in [3.05, 3.63) is 34.6 Å². The molecule has 3 heterocycles. The number of nitrogens with zero attached hydrogens (tertiary/aromatic N) is 3. The zero-order valence-electron chi connectivity index (χ0n) is 11.5. The van der Waals surface area contributed by atoms with E-state index in [-0.39, 0.29) is 0 Å². The molecule has 0 bridgehead atoms. The summed E-state index contributed by atoms with van der Waals surface area (Å²) in [5.41, 5.74) is 0. The molecule has 1 aliphatic rings. The normalized spacial score (nSPS) is 16.9. The summed E-state index contributed by atoms with van der Waals surface area (Å²) in [5, 5.41) is 2.50. The highest BCUT2D eigenvalue weighted by Gasteiger charge is 2.17. The van der Waals surface area contributed by atoms with Crippen LogP contribution in [0.1, 0.15) is 25.1 Å². The predicted octanol–water partition coefficient (Wildman–Crippen LogP) is 3.49. The van der Waals surface area contributed by atoms with Crippen LogP contribution in [0.15, 0.2) is 27.9 Å². The van der Waals surface area contributed by atoms with Gasteiger partial charge in [-0.1, -0.05) is 17.7 Å². The van der Waals surface area contributed by atoms with Crippen LogP contribution in [0.5, 0.6) is 0 Å². The number of hydrogen-bond acceptors (Lipinski definition) is 5. The van der Waals surface area contributed by atoms with Crippen LogP contribution in [-0.2, 0) is 16.6 Å². The summed E-state index contributed by atoms with van der Waals surface area (Å²) in [6, 6.07) is 3.78. The smallest absolute Gasteiger partial charge is 0.151 e. The number of hydrogen-bond donors (Lipinski definition) is 0. The topological polar surface area (TPSA) is 46.1 Å². The molecule has 0 N–H and O–H groups in total. The monoisotopic (exact) mass is 341 g/mol. The first-order valence-electron chi connectivity index (χ1n) is 6.92. The first kappa shape index (κ1) is 14.9. The molecule has 0 amide bonds. The molecule has 2 aromatic heterocycles. The standard InChI is InChI=1S/C14H16ClN3OS2/c15-11-9-16-12(10-21(19)13-5-4-8-20-13)17-14(11)18-6-2-1-3-7-18/h4-5,8-9H,1-3,6-7,10H2. The Kier molecular flexibility index (Phi) is 4.87. The first-order valence-corrected chi connectivity index (χ1v) is 9.50. The summed E-state index contributed by atoms with van der Waals surface area (Å²) in [5.74, 6) is 1.70. The molecule has 2 aromatic rings. The van der Waals surface area contributed by atoms with Gasteiger partial charge in [-0.2, -0.15) is 0 Å². The van der Waals surface area contributed by atoms with Crippen LogP contribution in [-0.4, -0.2) is 27.3 Å². The molecule has 1 saturated heterocycles. The number of aromatic nitrogens is 2. The van der Waals surface area contributed by atoms with E-state index >= 15 is 0 Å². The minimum atomic E-state index is -1.09. The zero-order chi connectivity index (χ0) is 14.7. The summed E-state index contributed by atoms with van der Waals surface area (Å²) < 4.78 is 13.1. The Labute approximate surface area is 135 Å². The molecule has 3 rings (SSSR count). The van der Waals surface area contributed by atoms with Gasteiger partial charge in [-0.3, -0.25) is 4.21 Å². The maximum Gasteiger partial charge on any atom is 0.151 e. The number of rotatable bonds is 4. The Bertz CT molecular complexity index is 627. The molecule has 0 aliphatic carbocycles. The summed E-state index contributed by atoms with van der Waals surface area (Å²) >= 11 is 7.72. The lowest BCUT2D eigenvalue weighted by Gasteiger charge is -2.28. The van der Waals surface area contributed by atoms with E-state index in [1.165, 1.54) is 17.8 Å². The maximum absolute atomic E-state index is 12.2. The van der Waals surface area contributed by atoms with E-state index in [4.69, 9.17) is 11.6 Å². The van der Waals surface area contributed by atoms with E-state index in [2.05, 4.69) is 14.9 Å². The third-order valence-electron chi connectivity index (χ3n) is 3.41. The molecule has 0 aromatic carbocycles. The van der Waals surface area contributed by atoms with Gasteiger partial charge < -0.3 is 4.90 Å². The third kappa shape index (κ3) is 3.62. The van der Waals surface area contributed by atoms with Crippen molar-refractivity contribution in [1.82, 2.24) is 9.97 Å². The molecule has 0 saturated carbocycles. The van der Waals surface area contributed by atoms with Gasteiger partial charge in [-0.25, -0.2) is 9.97 Å². The number of thiophene rings is 1. The molecule has 1 atom stereocenters. The molecule has 112 valence electrons. The van der Waals surface area contributed by atoms with E-state index in [1.807, 2.05) is 17.5 Å². The Morgan fingerprint density at radius 1 is 1.33 bits per heavy atom. The molecular weight excluding hydrogens is 326 g/mol. The van der Waals surface area contributed by atoms with Gasteiger partial charge in [0.05, 0.1) is 27.0 Å². The third-order valence-corrected chi connectivity index (χ3v) is 6.29. The van der Waals surface area contributed by atoms with Gasteiger partial charge >= 0.3 is 0 Å². The van der Waals surface area contributed by atoms with Crippen LogP contribution in [0.4, 0.5) is 5.82 Å². The predicted molar refractivity (Wildman–Crippen MR) is 87.5 cm³/mol.